The normalized spacial score (nSPS) is 16.8. The van der Waals surface area contributed by atoms with Gasteiger partial charge in [-0.15, -0.1) is 0 Å². The van der Waals surface area contributed by atoms with E-state index in [-0.39, 0.29) is 5.82 Å². The summed E-state index contributed by atoms with van der Waals surface area (Å²) < 4.78 is 51.5. The minimum atomic E-state index is -1.13. The first-order valence-corrected chi connectivity index (χ1v) is 9.13. The van der Waals surface area contributed by atoms with E-state index in [1.54, 1.807) is 12.1 Å². The second-order valence-electron chi connectivity index (χ2n) is 6.08. The van der Waals surface area contributed by atoms with Crippen molar-refractivity contribution in [2.75, 3.05) is 25.4 Å². The summed E-state index contributed by atoms with van der Waals surface area (Å²) in [5, 5.41) is 0. The summed E-state index contributed by atoms with van der Waals surface area (Å²) in [7, 11) is 0. The molecule has 1 heterocycles. The Morgan fingerprint density at radius 2 is 1.67 bits per heavy atom. The first kappa shape index (κ1) is 17.3. The molecule has 6 heteroatoms. The van der Waals surface area contributed by atoms with E-state index < -0.39 is 22.8 Å². The highest BCUT2D eigenvalue weighted by Crippen LogP contribution is 2.22. The van der Waals surface area contributed by atoms with Gasteiger partial charge in [-0.3, -0.25) is 0 Å². The van der Waals surface area contributed by atoms with E-state index in [0.717, 1.165) is 19.2 Å². The largest absolute Gasteiger partial charge is 0.611 e. The quantitative estimate of drug-likeness (QED) is 0.744. The molecule has 0 radical (unpaired) electrons. The molecule has 1 atom stereocenters. The van der Waals surface area contributed by atoms with Crippen LogP contribution < -0.4 is 0 Å². The molecule has 2 nitrogen and oxygen atoms in total. The molecule has 0 aliphatic carbocycles. The lowest BCUT2D eigenvalue weighted by molar-refractivity contribution is 0.116. The Labute approximate surface area is 142 Å². The molecule has 0 aromatic heterocycles. The number of hydrogen-bond acceptors (Lipinski definition) is 2. The molecule has 0 spiro atoms. The fourth-order valence-electron chi connectivity index (χ4n) is 2.86. The van der Waals surface area contributed by atoms with E-state index >= 15 is 0 Å². The fraction of sp³-hybridized carbons (Fsp3) is 0.333. The molecule has 0 N–H and O–H groups in total. The number of likely N-dealkylation sites (tertiary alicyclic amines) is 1. The first-order chi connectivity index (χ1) is 11.5. The van der Waals surface area contributed by atoms with Crippen molar-refractivity contribution in [2.45, 2.75) is 11.3 Å². The number of nitrogens with zero attached hydrogens (tertiary/aromatic N) is 1. The van der Waals surface area contributed by atoms with Crippen molar-refractivity contribution in [3.8, 4) is 0 Å². The predicted molar refractivity (Wildman–Crippen MR) is 87.7 cm³/mol. The van der Waals surface area contributed by atoms with E-state index in [4.69, 9.17) is 0 Å². The molecule has 3 rings (SSSR count). The second kappa shape index (κ2) is 7.59. The van der Waals surface area contributed by atoms with Crippen LogP contribution >= 0.6 is 0 Å². The first-order valence-electron chi connectivity index (χ1n) is 7.81. The molecule has 2 aromatic rings. The minimum Gasteiger partial charge on any atom is -0.611 e. The van der Waals surface area contributed by atoms with Gasteiger partial charge in [0.05, 0.1) is 0 Å². The molecule has 1 aliphatic rings. The topological polar surface area (TPSA) is 26.3 Å². The van der Waals surface area contributed by atoms with Crippen LogP contribution in [-0.4, -0.2) is 34.8 Å². The lowest BCUT2D eigenvalue weighted by Crippen LogP contribution is -2.50. The average Bonchev–Trinajstić information content (AvgIpc) is 2.51. The second-order valence-corrected chi connectivity index (χ2v) is 7.57. The number of halogens is 3. The molecular formula is C18H18F3NOS. The van der Waals surface area contributed by atoms with Crippen molar-refractivity contribution >= 4 is 11.2 Å². The highest BCUT2D eigenvalue weighted by molar-refractivity contribution is 7.91. The molecule has 1 saturated heterocycles. The third-order valence-electron chi connectivity index (χ3n) is 4.21. The third-order valence-corrected chi connectivity index (χ3v) is 5.78. The van der Waals surface area contributed by atoms with Crippen LogP contribution in [0.25, 0.3) is 0 Å². The smallest absolute Gasteiger partial charge is 0.152 e. The van der Waals surface area contributed by atoms with Crippen molar-refractivity contribution in [2.24, 2.45) is 5.92 Å². The van der Waals surface area contributed by atoms with Gasteiger partial charge >= 0.3 is 0 Å². The van der Waals surface area contributed by atoms with Crippen molar-refractivity contribution in [3.63, 3.8) is 0 Å². The third kappa shape index (κ3) is 4.32. The van der Waals surface area contributed by atoms with Crippen LogP contribution in [0.15, 0.2) is 47.4 Å². The van der Waals surface area contributed by atoms with Gasteiger partial charge in [0.2, 0.25) is 0 Å². The highest BCUT2D eigenvalue weighted by Gasteiger charge is 2.31. The fourth-order valence-corrected chi connectivity index (χ4v) is 4.14. The van der Waals surface area contributed by atoms with Gasteiger partial charge in [0, 0.05) is 31.6 Å². The molecule has 0 saturated carbocycles. The van der Waals surface area contributed by atoms with Crippen LogP contribution in [0, 0.1) is 23.4 Å². The zero-order valence-corrected chi connectivity index (χ0v) is 13.9. The minimum absolute atomic E-state index is 0.328. The van der Waals surface area contributed by atoms with Crippen LogP contribution in [0.3, 0.4) is 0 Å². The summed E-state index contributed by atoms with van der Waals surface area (Å²) >= 11 is -1.13. The van der Waals surface area contributed by atoms with Gasteiger partial charge in [0.15, 0.2) is 4.90 Å². The van der Waals surface area contributed by atoms with Crippen molar-refractivity contribution in [3.05, 3.63) is 65.5 Å². The Balaban J connectivity index is 1.41. The van der Waals surface area contributed by atoms with E-state index in [9.17, 15) is 17.7 Å². The van der Waals surface area contributed by atoms with E-state index in [0.29, 0.717) is 35.1 Å². The molecule has 24 heavy (non-hydrogen) atoms. The number of hydrogen-bond donors (Lipinski definition) is 0. The molecular weight excluding hydrogens is 335 g/mol. The SMILES string of the molecule is [O-][S+](CC1CN(CCc2ccc(F)cc2F)C1)c1ccc(F)cc1. The van der Waals surface area contributed by atoms with Crippen LogP contribution in [0.4, 0.5) is 13.2 Å². The summed E-state index contributed by atoms with van der Waals surface area (Å²) in [4.78, 5) is 2.80. The molecule has 0 bridgehead atoms. The maximum absolute atomic E-state index is 13.6. The van der Waals surface area contributed by atoms with Crippen molar-refractivity contribution in [1.29, 1.82) is 0 Å². The van der Waals surface area contributed by atoms with Gasteiger partial charge in [-0.2, -0.15) is 0 Å². The maximum Gasteiger partial charge on any atom is 0.152 e. The molecule has 1 unspecified atom stereocenters. The predicted octanol–water partition coefficient (Wildman–Crippen LogP) is 3.39. The number of rotatable bonds is 6. The summed E-state index contributed by atoms with van der Waals surface area (Å²) in [5.74, 6) is -0.534. The van der Waals surface area contributed by atoms with Gasteiger partial charge in [-0.1, -0.05) is 6.07 Å². The van der Waals surface area contributed by atoms with Gasteiger partial charge in [-0.25, -0.2) is 13.2 Å². The monoisotopic (exact) mass is 353 g/mol. The van der Waals surface area contributed by atoms with Crippen LogP contribution in [0.5, 0.6) is 0 Å². The zero-order valence-electron chi connectivity index (χ0n) is 13.1. The van der Waals surface area contributed by atoms with Gasteiger partial charge in [0.25, 0.3) is 0 Å². The van der Waals surface area contributed by atoms with E-state index in [1.165, 1.54) is 24.3 Å². The summed E-state index contributed by atoms with van der Waals surface area (Å²) in [6.07, 6.45) is 0.528. The van der Waals surface area contributed by atoms with Crippen LogP contribution in [0.2, 0.25) is 0 Å². The van der Waals surface area contributed by atoms with Gasteiger partial charge in [-0.05, 0) is 53.5 Å². The Morgan fingerprint density at radius 3 is 2.33 bits per heavy atom. The molecule has 1 fully saturated rings. The van der Waals surface area contributed by atoms with Gasteiger partial charge in [0.1, 0.15) is 23.2 Å². The Hall–Kier alpha value is -1.50. The Kier molecular flexibility index (Phi) is 5.48. The van der Waals surface area contributed by atoms with Gasteiger partial charge < -0.3 is 9.45 Å². The molecule has 2 aromatic carbocycles. The average molecular weight is 353 g/mol. The van der Waals surface area contributed by atoms with Crippen molar-refractivity contribution < 1.29 is 17.7 Å². The molecule has 128 valence electrons. The summed E-state index contributed by atoms with van der Waals surface area (Å²) in [5.41, 5.74) is 0.509. The molecule has 0 amide bonds. The maximum atomic E-state index is 13.6. The van der Waals surface area contributed by atoms with E-state index in [2.05, 4.69) is 4.90 Å². The van der Waals surface area contributed by atoms with Crippen LogP contribution in [0.1, 0.15) is 5.56 Å². The summed E-state index contributed by atoms with van der Waals surface area (Å²) in [6.45, 7) is 2.33. The zero-order chi connectivity index (χ0) is 17.1. The standard InChI is InChI=1S/C18H18F3NOS/c19-15-3-5-17(6-4-15)24(23)12-13-10-22(11-13)8-7-14-1-2-16(20)9-18(14)21/h1-6,9,13H,7-8,10-12H2. The lowest BCUT2D eigenvalue weighted by Gasteiger charge is -2.39. The lowest BCUT2D eigenvalue weighted by atomic mass is 10.0. The number of benzene rings is 2. The summed E-state index contributed by atoms with van der Waals surface area (Å²) in [6, 6.07) is 9.39. The van der Waals surface area contributed by atoms with Crippen molar-refractivity contribution in [1.82, 2.24) is 4.90 Å². The Bertz CT molecular complexity index is 689. The molecule has 1 aliphatic heterocycles. The highest BCUT2D eigenvalue weighted by atomic mass is 32.2. The Morgan fingerprint density at radius 1 is 1.00 bits per heavy atom. The van der Waals surface area contributed by atoms with E-state index in [1.807, 2.05) is 0 Å². The van der Waals surface area contributed by atoms with Crippen LogP contribution in [-0.2, 0) is 17.6 Å².